The molecule has 12 heteroatoms. The van der Waals surface area contributed by atoms with Crippen molar-refractivity contribution in [2.75, 3.05) is 0 Å². The van der Waals surface area contributed by atoms with Crippen LogP contribution in [0.1, 0.15) is 50.8 Å². The molecular formula is C17H18N10O2. The summed E-state index contributed by atoms with van der Waals surface area (Å²) < 4.78 is 0. The normalized spacial score (nSPS) is 11.5. The monoisotopic (exact) mass is 394 g/mol. The Morgan fingerprint density at radius 2 is 1.62 bits per heavy atom. The number of pyridine rings is 2. The van der Waals surface area contributed by atoms with Gasteiger partial charge < -0.3 is 10.4 Å². The van der Waals surface area contributed by atoms with Crippen LogP contribution in [-0.2, 0) is 0 Å². The first kappa shape index (κ1) is 18.4. The fourth-order valence-electron chi connectivity index (χ4n) is 3.09. The molecule has 29 heavy (non-hydrogen) atoms. The zero-order valence-corrected chi connectivity index (χ0v) is 16.2. The van der Waals surface area contributed by atoms with Crippen molar-refractivity contribution >= 4 is 39.7 Å². The third-order valence-electron chi connectivity index (χ3n) is 4.37. The van der Waals surface area contributed by atoms with E-state index in [1.165, 1.54) is 6.20 Å². The van der Waals surface area contributed by atoms with Gasteiger partial charge in [0.15, 0.2) is 11.0 Å². The Hall–Kier alpha value is -3.92. The average Bonchev–Trinajstić information content (AvgIpc) is 3.25. The molecule has 0 aliphatic carbocycles. The van der Waals surface area contributed by atoms with Crippen LogP contribution in [0.3, 0.4) is 0 Å². The van der Waals surface area contributed by atoms with Crippen molar-refractivity contribution in [1.29, 1.82) is 0 Å². The number of fused-ring (bicyclic) bond motifs is 2. The standard InChI is InChI=1S/C17H18N10O2/c1-8(2)11-12(9(3)4)21-17-15(23-25-27(17)29)14(11)20-7-19-10-5-6-18-16-13(10)22-24-26(16)28/h5-6,8-9,28-29H,1-4H3. The lowest BCUT2D eigenvalue weighted by Crippen LogP contribution is -2.05. The molecule has 0 saturated heterocycles. The van der Waals surface area contributed by atoms with Crippen LogP contribution in [0.4, 0.5) is 11.4 Å². The number of hydrogen-bond acceptors (Lipinski definition) is 10. The van der Waals surface area contributed by atoms with Crippen molar-refractivity contribution in [3.05, 3.63) is 23.5 Å². The first-order valence-corrected chi connectivity index (χ1v) is 8.93. The highest BCUT2D eigenvalue weighted by Crippen LogP contribution is 2.37. The van der Waals surface area contributed by atoms with E-state index in [1.807, 2.05) is 27.7 Å². The van der Waals surface area contributed by atoms with Crippen molar-refractivity contribution in [3.63, 3.8) is 0 Å². The Morgan fingerprint density at radius 1 is 0.931 bits per heavy atom. The highest BCUT2D eigenvalue weighted by Gasteiger charge is 2.23. The van der Waals surface area contributed by atoms with Crippen LogP contribution < -0.4 is 0 Å². The van der Waals surface area contributed by atoms with Crippen LogP contribution in [0.2, 0.25) is 0 Å². The molecule has 0 bridgehead atoms. The summed E-state index contributed by atoms with van der Waals surface area (Å²) in [4.78, 5) is 18.3. The maximum absolute atomic E-state index is 9.94. The second-order valence-corrected chi connectivity index (χ2v) is 7.02. The Balaban J connectivity index is 1.93. The molecule has 4 aromatic rings. The van der Waals surface area contributed by atoms with Crippen molar-refractivity contribution in [3.8, 4) is 0 Å². The van der Waals surface area contributed by atoms with E-state index in [-0.39, 0.29) is 23.1 Å². The fourth-order valence-corrected chi connectivity index (χ4v) is 3.09. The van der Waals surface area contributed by atoms with Crippen molar-refractivity contribution in [2.45, 2.75) is 39.5 Å². The van der Waals surface area contributed by atoms with Crippen LogP contribution in [0.5, 0.6) is 0 Å². The predicted molar refractivity (Wildman–Crippen MR) is 102 cm³/mol. The molecule has 4 aromatic heterocycles. The number of aliphatic imine (C=N–C) groups is 2. The van der Waals surface area contributed by atoms with Gasteiger partial charge in [-0.25, -0.2) is 9.97 Å². The van der Waals surface area contributed by atoms with E-state index in [0.717, 1.165) is 11.3 Å². The second-order valence-electron chi connectivity index (χ2n) is 7.02. The lowest BCUT2D eigenvalue weighted by atomic mass is 9.93. The molecule has 0 aliphatic rings. The third-order valence-corrected chi connectivity index (χ3v) is 4.37. The van der Waals surface area contributed by atoms with Gasteiger partial charge in [0, 0.05) is 11.8 Å². The van der Waals surface area contributed by atoms with Gasteiger partial charge in [-0.05, 0) is 28.3 Å². The Kier molecular flexibility index (Phi) is 4.40. The van der Waals surface area contributed by atoms with Gasteiger partial charge in [-0.15, -0.1) is 10.2 Å². The molecule has 0 atom stereocenters. The zero-order valence-electron chi connectivity index (χ0n) is 16.2. The van der Waals surface area contributed by atoms with E-state index in [1.54, 1.807) is 6.07 Å². The fraction of sp³-hybridized carbons (Fsp3) is 0.353. The summed E-state index contributed by atoms with van der Waals surface area (Å²) in [5.74, 6) is 0.188. The second kappa shape index (κ2) is 6.91. The maximum atomic E-state index is 9.94. The van der Waals surface area contributed by atoms with E-state index >= 15 is 0 Å². The smallest absolute Gasteiger partial charge is 0.221 e. The molecule has 4 heterocycles. The van der Waals surface area contributed by atoms with E-state index in [2.05, 4.69) is 46.6 Å². The topological polar surface area (TPSA) is 152 Å². The molecule has 0 unspecified atom stereocenters. The Bertz CT molecular complexity index is 1280. The summed E-state index contributed by atoms with van der Waals surface area (Å²) in [5.41, 5.74) is 3.62. The summed E-state index contributed by atoms with van der Waals surface area (Å²) in [5, 5.41) is 34.5. The number of nitrogens with zero attached hydrogens (tertiary/aromatic N) is 10. The van der Waals surface area contributed by atoms with Gasteiger partial charge in [0.2, 0.25) is 11.3 Å². The van der Waals surface area contributed by atoms with Crippen LogP contribution >= 0.6 is 0 Å². The van der Waals surface area contributed by atoms with E-state index in [0.29, 0.717) is 32.1 Å². The Morgan fingerprint density at radius 3 is 2.31 bits per heavy atom. The van der Waals surface area contributed by atoms with E-state index < -0.39 is 0 Å². The molecule has 148 valence electrons. The van der Waals surface area contributed by atoms with Crippen molar-refractivity contribution < 1.29 is 10.4 Å². The molecule has 0 aliphatic heterocycles. The van der Waals surface area contributed by atoms with Crippen LogP contribution in [0.15, 0.2) is 22.2 Å². The molecule has 0 spiro atoms. The highest BCUT2D eigenvalue weighted by molar-refractivity contribution is 5.88. The molecule has 0 amide bonds. The highest BCUT2D eigenvalue weighted by atomic mass is 16.5. The van der Waals surface area contributed by atoms with Gasteiger partial charge in [0.1, 0.15) is 17.4 Å². The number of aromatic nitrogens is 8. The van der Waals surface area contributed by atoms with Gasteiger partial charge in [0.05, 0.1) is 5.69 Å². The quantitative estimate of drug-likeness (QED) is 0.396. The summed E-state index contributed by atoms with van der Waals surface area (Å²) in [6, 6.07) is 4.27. The molecule has 2 N–H and O–H groups in total. The minimum Gasteiger partial charge on any atom is -0.409 e. The number of hydrogen-bond donors (Lipinski definition) is 2. The summed E-state index contributed by atoms with van der Waals surface area (Å²) in [7, 11) is 0. The van der Waals surface area contributed by atoms with Crippen molar-refractivity contribution in [1.82, 2.24) is 40.3 Å². The maximum Gasteiger partial charge on any atom is 0.221 e. The van der Waals surface area contributed by atoms with E-state index in [9.17, 15) is 10.4 Å². The summed E-state index contributed by atoms with van der Waals surface area (Å²) in [6.07, 6.45) is 1.47. The largest absolute Gasteiger partial charge is 0.409 e. The van der Waals surface area contributed by atoms with Gasteiger partial charge >= 0.3 is 0 Å². The molecule has 0 aromatic carbocycles. The van der Waals surface area contributed by atoms with Gasteiger partial charge in [-0.1, -0.05) is 37.4 Å². The SMILES string of the molecule is CC(C)c1nc2c(nnn2O)c(N=C=Nc2ccnc3c2nnn3O)c1C(C)C. The molecule has 0 fully saturated rings. The molecular weight excluding hydrogens is 376 g/mol. The molecule has 0 saturated carbocycles. The van der Waals surface area contributed by atoms with Crippen LogP contribution in [0, 0.1) is 0 Å². The molecule has 4 rings (SSSR count). The zero-order chi connectivity index (χ0) is 20.7. The predicted octanol–water partition coefficient (Wildman–Crippen LogP) is 2.82. The minimum absolute atomic E-state index is 0.0932. The first-order valence-electron chi connectivity index (χ1n) is 8.93. The molecule has 0 radical (unpaired) electrons. The number of rotatable bonds is 4. The van der Waals surface area contributed by atoms with E-state index in [4.69, 9.17) is 0 Å². The minimum atomic E-state index is 0.0932. The van der Waals surface area contributed by atoms with Gasteiger partial charge in [0.25, 0.3) is 0 Å². The van der Waals surface area contributed by atoms with Crippen molar-refractivity contribution in [2.24, 2.45) is 9.98 Å². The lowest BCUT2D eigenvalue weighted by Gasteiger charge is -2.16. The lowest BCUT2D eigenvalue weighted by molar-refractivity contribution is 0.152. The van der Waals surface area contributed by atoms with Crippen LogP contribution in [-0.4, -0.2) is 56.7 Å². The summed E-state index contributed by atoms with van der Waals surface area (Å²) >= 11 is 0. The van der Waals surface area contributed by atoms with Gasteiger partial charge in [-0.3, -0.25) is 0 Å². The Labute approximate surface area is 164 Å². The van der Waals surface area contributed by atoms with Crippen LogP contribution in [0.25, 0.3) is 22.3 Å². The average molecular weight is 394 g/mol. The van der Waals surface area contributed by atoms with Gasteiger partial charge in [-0.2, -0.15) is 9.98 Å². The summed E-state index contributed by atoms with van der Waals surface area (Å²) in [6.45, 7) is 8.08. The first-order chi connectivity index (χ1) is 13.9. The third kappa shape index (κ3) is 3.05. The molecule has 12 nitrogen and oxygen atoms in total.